The van der Waals surface area contributed by atoms with Crippen molar-refractivity contribution in [2.75, 3.05) is 32.0 Å². The van der Waals surface area contributed by atoms with Crippen LogP contribution >= 0.6 is 12.6 Å². The number of esters is 2. The van der Waals surface area contributed by atoms with Crippen molar-refractivity contribution in [2.45, 2.75) is 243 Å². The number of aliphatic carboxylic acids is 1. The smallest absolute Gasteiger partial charge is 0.326 e. The molecule has 0 saturated carbocycles. The van der Waals surface area contributed by atoms with E-state index in [-0.39, 0.29) is 44.4 Å². The number of nitrogens with one attached hydrogen (secondary N) is 2. The summed E-state index contributed by atoms with van der Waals surface area (Å²) in [4.78, 5) is 81.0. The van der Waals surface area contributed by atoms with E-state index in [4.69, 9.17) is 26.7 Å². The minimum Gasteiger partial charge on any atom is -0.480 e. The summed E-state index contributed by atoms with van der Waals surface area (Å²) in [5.74, 6) is -4.82. The Morgan fingerprint density at radius 1 is 0.561 bits per heavy atom. The van der Waals surface area contributed by atoms with Crippen molar-refractivity contribution < 1.29 is 48.5 Å². The van der Waals surface area contributed by atoms with E-state index in [1.165, 1.54) is 77.0 Å². The number of hydrogen-bond acceptors (Lipinski definition) is 13. The van der Waals surface area contributed by atoms with Crippen LogP contribution in [-0.2, 0) is 38.2 Å². The van der Waals surface area contributed by atoms with Crippen molar-refractivity contribution in [3.63, 3.8) is 0 Å². The van der Waals surface area contributed by atoms with Gasteiger partial charge < -0.3 is 52.4 Å². The number of nitrogens with two attached hydrogens (primary N) is 3. The molecule has 0 aliphatic rings. The number of carbonyl (C=O) groups excluding carboxylic acids is 5. The van der Waals surface area contributed by atoms with E-state index in [9.17, 15) is 39.0 Å². The zero-order valence-electron chi connectivity index (χ0n) is 41.1. The fourth-order valence-electron chi connectivity index (χ4n) is 7.76. The summed E-state index contributed by atoms with van der Waals surface area (Å²) in [7, 11) is 0. The highest BCUT2D eigenvalue weighted by molar-refractivity contribution is 7.80. The van der Waals surface area contributed by atoms with Crippen LogP contribution in [0.2, 0.25) is 0 Å². The van der Waals surface area contributed by atoms with E-state index in [1.807, 2.05) is 0 Å². The van der Waals surface area contributed by atoms with Crippen molar-refractivity contribution in [3.8, 4) is 0 Å². The molecule has 0 radical (unpaired) electrons. The van der Waals surface area contributed by atoms with Crippen LogP contribution in [0, 0.1) is 0 Å². The fraction of sp³-hybridized carbons (Fsp3) is 0.878. The van der Waals surface area contributed by atoms with Gasteiger partial charge in [-0.25, -0.2) is 4.79 Å². The van der Waals surface area contributed by atoms with Crippen molar-refractivity contribution in [1.82, 2.24) is 15.5 Å². The lowest BCUT2D eigenvalue weighted by Crippen LogP contribution is -2.59. The lowest BCUT2D eigenvalue weighted by molar-refractivity contribution is -0.190. The van der Waals surface area contributed by atoms with E-state index >= 15 is 0 Å². The Morgan fingerprint density at radius 3 is 1.36 bits per heavy atom. The molecule has 0 aliphatic carbocycles. The minimum atomic E-state index is -1.47. The van der Waals surface area contributed by atoms with Crippen molar-refractivity contribution >= 4 is 48.3 Å². The third kappa shape index (κ3) is 32.7. The fourth-order valence-corrected chi connectivity index (χ4v) is 7.92. The number of hydrogen-bond donors (Lipinski definition) is 8. The molecular formula is C49H94N6O10S. The molecule has 0 spiro atoms. The van der Waals surface area contributed by atoms with Gasteiger partial charge in [-0.2, -0.15) is 12.6 Å². The van der Waals surface area contributed by atoms with Crippen molar-refractivity contribution in [3.05, 3.63) is 0 Å². The number of ether oxygens (including phenoxy) is 2. The summed E-state index contributed by atoms with van der Waals surface area (Å²) in [5, 5.41) is 25.5. The zero-order chi connectivity index (χ0) is 49.2. The molecule has 3 amide bonds. The predicted octanol–water partition coefficient (Wildman–Crippen LogP) is 6.95. The number of carboxylic acids is 1. The SMILES string of the molecule is CCCCCCCCCCCCCC(=O)OC(CCN(C(=O)[C@H](CCCCN)NC(=O)[C@H](CO)NC(=O)[C@@H](N)CS)[C@@H](CCCCN)C(=O)O)OC(=O)CCCCCCCCCCCCC. The number of unbranched alkanes of at least 4 members (excludes halogenated alkanes) is 22. The van der Waals surface area contributed by atoms with Crippen LogP contribution in [0.4, 0.5) is 0 Å². The summed E-state index contributed by atoms with van der Waals surface area (Å²) in [6.07, 6.45) is 24.8. The number of aliphatic hydroxyl groups excluding tert-OH is 1. The Bertz CT molecular complexity index is 1240. The van der Waals surface area contributed by atoms with Gasteiger partial charge in [0.05, 0.1) is 12.6 Å². The molecule has 0 rings (SSSR count). The number of thiol groups is 1. The van der Waals surface area contributed by atoms with Gasteiger partial charge in [-0.1, -0.05) is 142 Å². The van der Waals surface area contributed by atoms with Crippen LogP contribution in [0.5, 0.6) is 0 Å². The molecule has 66 heavy (non-hydrogen) atoms. The second-order valence-corrected chi connectivity index (χ2v) is 18.2. The summed E-state index contributed by atoms with van der Waals surface area (Å²) in [6, 6.07) is -5.20. The topological polar surface area (TPSA) is 267 Å². The molecule has 0 aromatic heterocycles. The van der Waals surface area contributed by atoms with Crippen molar-refractivity contribution in [2.24, 2.45) is 17.2 Å². The number of amides is 3. The quantitative estimate of drug-likeness (QED) is 0.0133. The molecule has 386 valence electrons. The lowest BCUT2D eigenvalue weighted by Gasteiger charge is -2.34. The highest BCUT2D eigenvalue weighted by Crippen LogP contribution is 2.19. The molecule has 16 nitrogen and oxygen atoms in total. The monoisotopic (exact) mass is 959 g/mol. The molecule has 4 atom stereocenters. The Hall–Kier alpha value is -2.99. The highest BCUT2D eigenvalue weighted by Gasteiger charge is 2.36. The number of aliphatic hydroxyl groups is 1. The van der Waals surface area contributed by atoms with E-state index in [0.717, 1.165) is 56.3 Å². The lowest BCUT2D eigenvalue weighted by atomic mass is 10.0. The molecule has 0 bridgehead atoms. The predicted molar refractivity (Wildman–Crippen MR) is 264 cm³/mol. The summed E-state index contributed by atoms with van der Waals surface area (Å²) in [5.41, 5.74) is 17.2. The van der Waals surface area contributed by atoms with Gasteiger partial charge in [-0.3, -0.25) is 24.0 Å². The van der Waals surface area contributed by atoms with Crippen LogP contribution in [0.1, 0.15) is 213 Å². The third-order valence-corrected chi connectivity index (χ3v) is 12.3. The first kappa shape index (κ1) is 63.0. The van der Waals surface area contributed by atoms with Gasteiger partial charge in [0.1, 0.15) is 18.1 Å². The van der Waals surface area contributed by atoms with Gasteiger partial charge in [0.25, 0.3) is 0 Å². The maximum Gasteiger partial charge on any atom is 0.326 e. The van der Waals surface area contributed by atoms with Crippen LogP contribution in [0.25, 0.3) is 0 Å². The van der Waals surface area contributed by atoms with Gasteiger partial charge in [0.2, 0.25) is 24.0 Å². The van der Waals surface area contributed by atoms with E-state index in [0.29, 0.717) is 51.6 Å². The van der Waals surface area contributed by atoms with Gasteiger partial charge in [-0.05, 0) is 64.5 Å². The molecule has 0 saturated heterocycles. The number of carbonyl (C=O) groups is 6. The molecule has 0 unspecified atom stereocenters. The van der Waals surface area contributed by atoms with Crippen LogP contribution < -0.4 is 27.8 Å². The average Bonchev–Trinajstić information content (AvgIpc) is 3.30. The first-order valence-electron chi connectivity index (χ1n) is 25.8. The molecule has 0 heterocycles. The zero-order valence-corrected chi connectivity index (χ0v) is 42.0. The molecular weight excluding hydrogens is 865 g/mol. The van der Waals surface area contributed by atoms with E-state index in [2.05, 4.69) is 37.1 Å². The first-order valence-corrected chi connectivity index (χ1v) is 26.4. The van der Waals surface area contributed by atoms with Gasteiger partial charge in [-0.15, -0.1) is 0 Å². The Kier molecular flexibility index (Phi) is 41.3. The second kappa shape index (κ2) is 43.3. The first-order chi connectivity index (χ1) is 31.9. The Balaban J connectivity index is 6.14. The van der Waals surface area contributed by atoms with E-state index in [1.54, 1.807) is 0 Å². The molecule has 10 N–H and O–H groups in total. The molecule has 0 fully saturated rings. The van der Waals surface area contributed by atoms with Crippen molar-refractivity contribution in [1.29, 1.82) is 0 Å². The van der Waals surface area contributed by atoms with Gasteiger partial charge in [0.15, 0.2) is 0 Å². The number of rotatable bonds is 46. The number of carboxylic acid groups (broad SMARTS) is 1. The van der Waals surface area contributed by atoms with Crippen LogP contribution in [0.3, 0.4) is 0 Å². The summed E-state index contributed by atoms with van der Waals surface area (Å²) >= 11 is 4.01. The normalized spacial score (nSPS) is 13.2. The molecule has 17 heteroatoms. The highest BCUT2D eigenvalue weighted by atomic mass is 32.1. The van der Waals surface area contributed by atoms with Gasteiger partial charge in [0, 0.05) is 31.6 Å². The third-order valence-electron chi connectivity index (χ3n) is 11.9. The Morgan fingerprint density at radius 2 is 0.970 bits per heavy atom. The van der Waals surface area contributed by atoms with Crippen LogP contribution in [-0.4, -0.2) is 113 Å². The molecule has 0 aliphatic heterocycles. The van der Waals surface area contributed by atoms with Crippen LogP contribution in [0.15, 0.2) is 0 Å². The Labute approximate surface area is 403 Å². The second-order valence-electron chi connectivity index (χ2n) is 17.8. The number of nitrogens with zero attached hydrogens (tertiary/aromatic N) is 1. The van der Waals surface area contributed by atoms with Gasteiger partial charge >= 0.3 is 17.9 Å². The maximum atomic E-state index is 14.5. The minimum absolute atomic E-state index is 0.0220. The molecule has 0 aromatic carbocycles. The largest absolute Gasteiger partial charge is 0.480 e. The summed E-state index contributed by atoms with van der Waals surface area (Å²) < 4.78 is 11.5. The summed E-state index contributed by atoms with van der Waals surface area (Å²) in [6.45, 7) is 3.90. The van der Waals surface area contributed by atoms with E-state index < -0.39 is 72.7 Å². The average molecular weight is 959 g/mol. The maximum absolute atomic E-state index is 14.5. The molecule has 0 aromatic rings. The standard InChI is InChI=1S/C49H94N6O10S/c1-3-5-7-9-11-13-15-17-19-21-23-31-43(57)64-45(65-44(58)32-24-22-20-18-16-14-12-10-8-6-4-2)33-36-55(42(49(62)63)30-26-28-35-51)48(61)40(29-25-27-34-50)53-47(60)41(37-56)54-46(59)39(52)38-66/h39-42,45,56,66H,3-38,50-52H2,1-2H3,(H,53,60)(H,54,59)(H,62,63)/t39-,40-,41-,42-/m0/s1.